The van der Waals surface area contributed by atoms with Crippen LogP contribution in [0.15, 0.2) is 30.3 Å². The van der Waals surface area contributed by atoms with Crippen molar-refractivity contribution in [3.63, 3.8) is 0 Å². The number of aliphatic hydroxyl groups is 1. The van der Waals surface area contributed by atoms with Gasteiger partial charge in [0.2, 0.25) is 0 Å². The third-order valence-corrected chi connectivity index (χ3v) is 3.94. The van der Waals surface area contributed by atoms with Crippen LogP contribution < -0.4 is 5.73 Å². The van der Waals surface area contributed by atoms with Crippen molar-refractivity contribution in [3.8, 4) is 0 Å². The summed E-state index contributed by atoms with van der Waals surface area (Å²) in [5, 5.41) is 10.3. The fourth-order valence-electron chi connectivity index (χ4n) is 3.01. The Hall–Kier alpha value is -0.860. The molecule has 2 unspecified atom stereocenters. The highest BCUT2D eigenvalue weighted by molar-refractivity contribution is 5.29. The summed E-state index contributed by atoms with van der Waals surface area (Å²) in [6.07, 6.45) is 2.72. The molecule has 0 amide bonds. The van der Waals surface area contributed by atoms with Gasteiger partial charge in [-0.15, -0.1) is 0 Å². The van der Waals surface area contributed by atoms with E-state index in [1.165, 1.54) is 5.56 Å². The molecule has 0 aromatic heterocycles. The predicted molar refractivity (Wildman–Crippen MR) is 59.4 cm³/mol. The van der Waals surface area contributed by atoms with Gasteiger partial charge in [0.05, 0.1) is 5.60 Å². The van der Waals surface area contributed by atoms with E-state index in [-0.39, 0.29) is 6.04 Å². The van der Waals surface area contributed by atoms with E-state index in [1.54, 1.807) is 0 Å². The van der Waals surface area contributed by atoms with Crippen LogP contribution in [0.2, 0.25) is 0 Å². The molecule has 0 aliphatic heterocycles. The molecule has 2 aliphatic rings. The van der Waals surface area contributed by atoms with Crippen molar-refractivity contribution in [2.45, 2.75) is 36.8 Å². The summed E-state index contributed by atoms with van der Waals surface area (Å²) >= 11 is 0. The predicted octanol–water partition coefficient (Wildman–Crippen LogP) is 1.64. The van der Waals surface area contributed by atoms with Crippen molar-refractivity contribution < 1.29 is 5.11 Å². The molecule has 15 heavy (non-hydrogen) atoms. The lowest BCUT2D eigenvalue weighted by molar-refractivity contribution is -0.0669. The van der Waals surface area contributed by atoms with Crippen LogP contribution in [0.1, 0.15) is 30.7 Å². The Morgan fingerprint density at radius 2 is 1.87 bits per heavy atom. The summed E-state index contributed by atoms with van der Waals surface area (Å²) in [4.78, 5) is 0. The average molecular weight is 203 g/mol. The largest absolute Gasteiger partial charge is 0.389 e. The molecule has 0 heterocycles. The first-order chi connectivity index (χ1) is 7.19. The van der Waals surface area contributed by atoms with Gasteiger partial charge in [-0.25, -0.2) is 0 Å². The monoisotopic (exact) mass is 203 g/mol. The normalized spacial score (nSPS) is 43.5. The lowest BCUT2D eigenvalue weighted by Gasteiger charge is -2.42. The van der Waals surface area contributed by atoms with Crippen LogP contribution in [0.5, 0.6) is 0 Å². The second-order valence-corrected chi connectivity index (χ2v) is 5.13. The molecule has 0 saturated heterocycles. The van der Waals surface area contributed by atoms with E-state index in [2.05, 4.69) is 24.3 Å². The molecule has 2 atom stereocenters. The summed E-state index contributed by atoms with van der Waals surface area (Å²) in [6.45, 7) is 0. The fourth-order valence-corrected chi connectivity index (χ4v) is 3.01. The first-order valence-electron chi connectivity index (χ1n) is 5.72. The Bertz CT molecular complexity index is 356. The number of hydrogen-bond donors (Lipinski definition) is 2. The van der Waals surface area contributed by atoms with E-state index in [0.717, 1.165) is 19.3 Å². The molecule has 1 aromatic carbocycles. The molecule has 2 heteroatoms. The van der Waals surface area contributed by atoms with Crippen LogP contribution in [0, 0.1) is 5.92 Å². The number of benzene rings is 1. The molecule has 3 N–H and O–H groups in total. The maximum Gasteiger partial charge on any atom is 0.0711 e. The van der Waals surface area contributed by atoms with E-state index in [9.17, 15) is 5.11 Å². The molecule has 2 saturated carbocycles. The summed E-state index contributed by atoms with van der Waals surface area (Å²) in [6, 6.07) is 10.7. The van der Waals surface area contributed by atoms with Gasteiger partial charge in [0.1, 0.15) is 0 Å². The fraction of sp³-hybridized carbons (Fsp3) is 0.538. The quantitative estimate of drug-likeness (QED) is 0.767. The minimum Gasteiger partial charge on any atom is -0.389 e. The molecule has 0 spiro atoms. The summed E-state index contributed by atoms with van der Waals surface area (Å²) < 4.78 is 0. The van der Waals surface area contributed by atoms with E-state index in [1.807, 2.05) is 6.07 Å². The highest BCUT2D eigenvalue weighted by Gasteiger charge is 2.57. The molecule has 2 nitrogen and oxygen atoms in total. The number of nitrogens with two attached hydrogens (primary N) is 1. The summed E-state index contributed by atoms with van der Waals surface area (Å²) in [5.74, 6) is 1.03. The standard InChI is InChI=1S/C13H17NO/c14-10-7-13(15,8-10)12-6-11(12)9-4-2-1-3-5-9/h1-5,10-12,15H,6-8,14H2. The van der Waals surface area contributed by atoms with Gasteiger partial charge in [0.15, 0.2) is 0 Å². The average Bonchev–Trinajstić information content (AvgIpc) is 2.97. The smallest absolute Gasteiger partial charge is 0.0711 e. The van der Waals surface area contributed by atoms with E-state index < -0.39 is 5.60 Å². The Morgan fingerprint density at radius 3 is 2.47 bits per heavy atom. The lowest BCUT2D eigenvalue weighted by Crippen LogP contribution is -2.53. The zero-order chi connectivity index (χ0) is 10.5. The Kier molecular flexibility index (Phi) is 1.91. The van der Waals surface area contributed by atoms with Gasteiger partial charge in [-0.05, 0) is 36.7 Å². The number of rotatable bonds is 2. The highest BCUT2D eigenvalue weighted by atomic mass is 16.3. The Labute approximate surface area is 90.1 Å². The summed E-state index contributed by atoms with van der Waals surface area (Å²) in [7, 11) is 0. The molecular formula is C13H17NO. The van der Waals surface area contributed by atoms with Crippen LogP contribution in [-0.4, -0.2) is 16.7 Å². The minimum atomic E-state index is -0.445. The zero-order valence-corrected chi connectivity index (χ0v) is 8.76. The van der Waals surface area contributed by atoms with Gasteiger partial charge < -0.3 is 10.8 Å². The van der Waals surface area contributed by atoms with Crippen molar-refractivity contribution in [2.24, 2.45) is 11.7 Å². The molecule has 2 aliphatic carbocycles. The van der Waals surface area contributed by atoms with Crippen LogP contribution >= 0.6 is 0 Å². The Morgan fingerprint density at radius 1 is 1.20 bits per heavy atom. The molecule has 0 bridgehead atoms. The Balaban J connectivity index is 1.70. The van der Waals surface area contributed by atoms with E-state index in [4.69, 9.17) is 5.73 Å². The van der Waals surface area contributed by atoms with Crippen molar-refractivity contribution >= 4 is 0 Å². The first kappa shape index (κ1) is 9.37. The van der Waals surface area contributed by atoms with E-state index >= 15 is 0 Å². The molecule has 2 fully saturated rings. The maximum atomic E-state index is 10.3. The van der Waals surface area contributed by atoms with Gasteiger partial charge in [-0.1, -0.05) is 30.3 Å². The topological polar surface area (TPSA) is 46.2 Å². The zero-order valence-electron chi connectivity index (χ0n) is 8.76. The van der Waals surface area contributed by atoms with Crippen molar-refractivity contribution in [1.82, 2.24) is 0 Å². The van der Waals surface area contributed by atoms with Gasteiger partial charge >= 0.3 is 0 Å². The molecule has 0 radical (unpaired) electrons. The maximum absolute atomic E-state index is 10.3. The van der Waals surface area contributed by atoms with Crippen LogP contribution in [0.3, 0.4) is 0 Å². The second kappa shape index (κ2) is 3.06. The minimum absolute atomic E-state index is 0.229. The van der Waals surface area contributed by atoms with E-state index in [0.29, 0.717) is 11.8 Å². The van der Waals surface area contributed by atoms with Gasteiger partial charge in [0, 0.05) is 6.04 Å². The first-order valence-corrected chi connectivity index (χ1v) is 5.72. The van der Waals surface area contributed by atoms with Crippen molar-refractivity contribution in [2.75, 3.05) is 0 Å². The highest BCUT2D eigenvalue weighted by Crippen LogP contribution is 2.58. The van der Waals surface area contributed by atoms with Gasteiger partial charge in [0.25, 0.3) is 0 Å². The third kappa shape index (κ3) is 1.48. The van der Waals surface area contributed by atoms with Crippen LogP contribution in [0.4, 0.5) is 0 Å². The summed E-state index contributed by atoms with van der Waals surface area (Å²) in [5.41, 5.74) is 6.67. The van der Waals surface area contributed by atoms with Gasteiger partial charge in [-0.2, -0.15) is 0 Å². The van der Waals surface area contributed by atoms with Crippen molar-refractivity contribution in [1.29, 1.82) is 0 Å². The van der Waals surface area contributed by atoms with Crippen LogP contribution in [0.25, 0.3) is 0 Å². The molecule has 3 rings (SSSR count). The second-order valence-electron chi connectivity index (χ2n) is 5.13. The molecular weight excluding hydrogens is 186 g/mol. The number of hydrogen-bond acceptors (Lipinski definition) is 2. The van der Waals surface area contributed by atoms with Gasteiger partial charge in [-0.3, -0.25) is 0 Å². The van der Waals surface area contributed by atoms with Crippen molar-refractivity contribution in [3.05, 3.63) is 35.9 Å². The molecule has 1 aromatic rings. The molecule has 80 valence electrons. The lowest BCUT2D eigenvalue weighted by atomic mass is 9.72. The van der Waals surface area contributed by atoms with Crippen LogP contribution in [-0.2, 0) is 0 Å². The third-order valence-electron chi connectivity index (χ3n) is 3.94. The SMILES string of the molecule is NC1CC(O)(C2CC2c2ccccc2)C1.